The number of benzene rings is 2. The molecule has 154 valence electrons. The molecule has 0 aliphatic rings. The molecule has 31 heavy (non-hydrogen) atoms. The van der Waals surface area contributed by atoms with Crippen molar-refractivity contribution in [1.82, 2.24) is 9.78 Å². The van der Waals surface area contributed by atoms with Crippen LogP contribution in [0.2, 0.25) is 0 Å². The molecule has 2 aromatic carbocycles. The van der Waals surface area contributed by atoms with Gasteiger partial charge in [-0.15, -0.1) is 10.2 Å². The normalized spacial score (nSPS) is 11.0. The number of aromatic nitrogens is 2. The van der Waals surface area contributed by atoms with Gasteiger partial charge in [0.05, 0.1) is 23.0 Å². The average Bonchev–Trinajstić information content (AvgIpc) is 2.93. The SMILES string of the molecule is Cc1nn(-c2ccc(SS(=O)(=O)[O-])cc2)c([O-])c1N=Nc1ccccc1C(=O)[O-].[Cr+2].[Na+]. The number of carboxylic acids is 1. The molecule has 0 aliphatic carbocycles. The molecule has 0 spiro atoms. The number of hydrogen-bond donors (Lipinski definition) is 0. The zero-order chi connectivity index (χ0) is 21.2. The third-order valence-electron chi connectivity index (χ3n) is 3.65. The molecule has 0 saturated heterocycles. The van der Waals surface area contributed by atoms with Gasteiger partial charge < -0.3 is 19.6 Å². The third kappa shape index (κ3) is 6.90. The van der Waals surface area contributed by atoms with Crippen LogP contribution in [-0.2, 0) is 26.5 Å². The summed E-state index contributed by atoms with van der Waals surface area (Å²) in [6.07, 6.45) is 0. The van der Waals surface area contributed by atoms with Gasteiger partial charge in [0, 0.05) is 16.3 Å². The second kappa shape index (κ2) is 11.3. The first-order chi connectivity index (χ1) is 13.7. The zero-order valence-corrected chi connectivity index (χ0v) is 21.0. The molecule has 0 atom stereocenters. The Kier molecular flexibility index (Phi) is 9.93. The number of carbonyl (C=O) groups is 1. The molecule has 1 aromatic heterocycles. The van der Waals surface area contributed by atoms with Gasteiger partial charge in [-0.05, 0) is 48.0 Å². The predicted molar refractivity (Wildman–Crippen MR) is 98.2 cm³/mol. The molecular formula is C17H11CrN4NaO6S2. The molecule has 0 N–H and O–H groups in total. The molecule has 0 radical (unpaired) electrons. The van der Waals surface area contributed by atoms with Gasteiger partial charge in [-0.25, -0.2) is 13.1 Å². The first-order valence-electron chi connectivity index (χ1n) is 7.90. The van der Waals surface area contributed by atoms with E-state index in [0.29, 0.717) is 5.69 Å². The fourth-order valence-corrected chi connectivity index (χ4v) is 3.91. The maximum atomic E-state index is 12.6. The average molecular weight is 506 g/mol. The molecule has 0 fully saturated rings. The van der Waals surface area contributed by atoms with Crippen LogP contribution in [0.3, 0.4) is 0 Å². The molecule has 3 aromatic rings. The van der Waals surface area contributed by atoms with Gasteiger partial charge in [-0.2, -0.15) is 5.10 Å². The van der Waals surface area contributed by atoms with Crippen LogP contribution in [0.15, 0.2) is 63.7 Å². The quantitative estimate of drug-likeness (QED) is 0.170. The fraction of sp³-hybridized carbons (Fsp3) is 0.0588. The number of nitrogens with zero attached hydrogens (tertiary/aromatic N) is 4. The molecule has 3 rings (SSSR count). The number of carbonyl (C=O) groups excluding carboxylic acids is 1. The van der Waals surface area contributed by atoms with Gasteiger partial charge >= 0.3 is 46.9 Å². The molecule has 1 heterocycles. The standard InChI is InChI=1S/C17H14N4O6S2.Cr.Na/c1-10-15(19-18-14-5-3-2-4-13(14)17(23)24)16(22)21(20-10)11-6-8-12(9-7-11)28-29(25,26)27;;/h2-9,22H,1H3,(H,23,24)(H,25,26,27);;/q;+2;+1/p-3. The maximum Gasteiger partial charge on any atom is 2.00 e. The van der Waals surface area contributed by atoms with Crippen molar-refractivity contribution >= 4 is 37.3 Å². The predicted octanol–water partition coefficient (Wildman–Crippen LogP) is -1.41. The van der Waals surface area contributed by atoms with E-state index in [0.717, 1.165) is 4.68 Å². The van der Waals surface area contributed by atoms with Gasteiger partial charge in [0.25, 0.3) is 0 Å². The van der Waals surface area contributed by atoms with E-state index < -0.39 is 21.0 Å². The Bertz CT molecular complexity index is 1220. The maximum absolute atomic E-state index is 12.6. The fourth-order valence-electron chi connectivity index (χ4n) is 2.39. The van der Waals surface area contributed by atoms with E-state index in [1.165, 1.54) is 49.4 Å². The van der Waals surface area contributed by atoms with Gasteiger partial charge in [0.2, 0.25) is 0 Å². The summed E-state index contributed by atoms with van der Waals surface area (Å²) in [6.45, 7) is 1.53. The first kappa shape index (κ1) is 27.3. The van der Waals surface area contributed by atoms with Crippen LogP contribution >= 0.6 is 10.8 Å². The van der Waals surface area contributed by atoms with Crippen LogP contribution in [0.5, 0.6) is 5.88 Å². The second-order valence-electron chi connectivity index (χ2n) is 5.64. The third-order valence-corrected chi connectivity index (χ3v) is 5.51. The van der Waals surface area contributed by atoms with Crippen molar-refractivity contribution in [1.29, 1.82) is 0 Å². The van der Waals surface area contributed by atoms with Crippen LogP contribution in [0.4, 0.5) is 11.4 Å². The largest absolute Gasteiger partial charge is 2.00 e. The Labute approximate surface area is 214 Å². The van der Waals surface area contributed by atoms with Crippen LogP contribution < -0.4 is 39.8 Å². The molecule has 0 unspecified atom stereocenters. The molecule has 14 heteroatoms. The summed E-state index contributed by atoms with van der Waals surface area (Å²) in [7, 11) is -4.35. The molecular weight excluding hydrogens is 495 g/mol. The number of rotatable bonds is 6. The van der Waals surface area contributed by atoms with Crippen molar-refractivity contribution in [3.8, 4) is 11.6 Å². The minimum Gasteiger partial charge on any atom is -0.857 e. The summed E-state index contributed by atoms with van der Waals surface area (Å²) in [4.78, 5) is 11.3. The summed E-state index contributed by atoms with van der Waals surface area (Å²) in [5.74, 6) is -2.03. The molecule has 0 bridgehead atoms. The van der Waals surface area contributed by atoms with Gasteiger partial charge in [0.1, 0.15) is 5.69 Å². The summed E-state index contributed by atoms with van der Waals surface area (Å²) in [5, 5.41) is 35.5. The summed E-state index contributed by atoms with van der Waals surface area (Å²) >= 11 is 0. The summed E-state index contributed by atoms with van der Waals surface area (Å²) < 4.78 is 33.4. The molecule has 0 saturated carbocycles. The van der Waals surface area contributed by atoms with E-state index in [2.05, 4.69) is 15.3 Å². The summed E-state index contributed by atoms with van der Waals surface area (Å²) in [6, 6.07) is 11.4. The number of hydrogen-bond acceptors (Lipinski definition) is 10. The van der Waals surface area contributed by atoms with Gasteiger partial charge in [-0.3, -0.25) is 0 Å². The van der Waals surface area contributed by atoms with Gasteiger partial charge in [-0.1, -0.05) is 18.2 Å². The topological polar surface area (TPSA) is 163 Å². The van der Waals surface area contributed by atoms with Crippen LogP contribution in [0, 0.1) is 6.92 Å². The molecule has 10 nitrogen and oxygen atoms in total. The smallest absolute Gasteiger partial charge is 0.857 e. The Morgan fingerprint density at radius 2 is 1.71 bits per heavy atom. The minimum absolute atomic E-state index is 0. The van der Waals surface area contributed by atoms with Crippen molar-refractivity contribution < 1.29 is 74.9 Å². The van der Waals surface area contributed by atoms with Crippen molar-refractivity contribution in [2.75, 3.05) is 0 Å². The van der Waals surface area contributed by atoms with Crippen LogP contribution in [0.1, 0.15) is 16.1 Å². The second-order valence-corrected chi connectivity index (χ2v) is 8.82. The van der Waals surface area contributed by atoms with E-state index in [1.54, 1.807) is 6.07 Å². The van der Waals surface area contributed by atoms with E-state index in [4.69, 9.17) is 0 Å². The number of aromatic carboxylic acids is 1. The van der Waals surface area contributed by atoms with Crippen LogP contribution in [0.25, 0.3) is 5.69 Å². The Morgan fingerprint density at radius 1 is 1.10 bits per heavy atom. The Morgan fingerprint density at radius 3 is 2.29 bits per heavy atom. The number of azo groups is 1. The monoisotopic (exact) mass is 506 g/mol. The Balaban J connectivity index is 0.00000240. The Hall–Kier alpha value is -1.69. The first-order valence-corrected chi connectivity index (χ1v) is 10.6. The van der Waals surface area contributed by atoms with Crippen molar-refractivity contribution in [2.45, 2.75) is 11.8 Å². The van der Waals surface area contributed by atoms with E-state index in [9.17, 15) is 28.0 Å². The molecule has 0 aliphatic heterocycles. The summed E-state index contributed by atoms with van der Waals surface area (Å²) in [5.41, 5.74) is 0.348. The van der Waals surface area contributed by atoms with Crippen LogP contribution in [-0.4, -0.2) is 28.7 Å². The number of aryl methyl sites for hydroxylation is 1. The number of carboxylic acid groups (broad SMARTS) is 1. The molecule has 0 amide bonds. The minimum atomic E-state index is -4.50. The zero-order valence-electron chi connectivity index (χ0n) is 16.1. The van der Waals surface area contributed by atoms with E-state index in [1.807, 2.05) is 0 Å². The van der Waals surface area contributed by atoms with Crippen molar-refractivity contribution in [3.05, 3.63) is 59.8 Å². The van der Waals surface area contributed by atoms with Crippen molar-refractivity contribution in [2.24, 2.45) is 10.2 Å². The van der Waals surface area contributed by atoms with Crippen molar-refractivity contribution in [3.63, 3.8) is 0 Å². The van der Waals surface area contributed by atoms with E-state index in [-0.39, 0.29) is 85.2 Å². The van der Waals surface area contributed by atoms with Gasteiger partial charge in [0.15, 0.2) is 9.15 Å². The van der Waals surface area contributed by atoms with E-state index >= 15 is 0 Å².